The van der Waals surface area contributed by atoms with Crippen LogP contribution in [0.2, 0.25) is 5.02 Å². The number of esters is 1. The van der Waals surface area contributed by atoms with Gasteiger partial charge in [0.05, 0.1) is 24.3 Å². The van der Waals surface area contributed by atoms with Crippen molar-refractivity contribution in [3.63, 3.8) is 0 Å². The molecule has 9 heteroatoms. The minimum absolute atomic E-state index is 0.142. The molecule has 1 aromatic heterocycles. The summed E-state index contributed by atoms with van der Waals surface area (Å²) >= 11 is 6.23. The summed E-state index contributed by atoms with van der Waals surface area (Å²) in [4.78, 5) is 24.1. The van der Waals surface area contributed by atoms with E-state index in [0.29, 0.717) is 29.8 Å². The Bertz CT molecular complexity index is 834. The van der Waals surface area contributed by atoms with Gasteiger partial charge in [0.15, 0.2) is 23.9 Å². The zero-order valence-electron chi connectivity index (χ0n) is 16.2. The Balaban J connectivity index is 1.98. The van der Waals surface area contributed by atoms with Gasteiger partial charge in [0, 0.05) is 6.07 Å². The lowest BCUT2D eigenvalue weighted by molar-refractivity contribution is -0.119. The summed E-state index contributed by atoms with van der Waals surface area (Å²) in [7, 11) is 1.45. The number of hydrogen-bond donors (Lipinski definition) is 1. The van der Waals surface area contributed by atoms with Gasteiger partial charge in [0.1, 0.15) is 5.76 Å². The van der Waals surface area contributed by atoms with Crippen molar-refractivity contribution in [1.29, 1.82) is 0 Å². The molecule has 0 atom stereocenters. The number of carbonyl (C=O) groups excluding carboxylic acids is 2. The summed E-state index contributed by atoms with van der Waals surface area (Å²) in [6.45, 7) is 5.84. The van der Waals surface area contributed by atoms with Crippen LogP contribution in [-0.4, -0.2) is 37.4 Å². The highest BCUT2D eigenvalue weighted by Gasteiger charge is 2.18. The topological polar surface area (TPSA) is 99.9 Å². The molecule has 0 saturated heterocycles. The molecular weight excluding hydrogens is 388 g/mol. The van der Waals surface area contributed by atoms with Crippen LogP contribution in [0.5, 0.6) is 11.5 Å². The van der Waals surface area contributed by atoms with Gasteiger partial charge in [-0.2, -0.15) is 0 Å². The number of nitrogens with zero attached hydrogens (tertiary/aromatic N) is 1. The maximum atomic E-state index is 12.2. The van der Waals surface area contributed by atoms with Gasteiger partial charge in [-0.3, -0.25) is 4.79 Å². The van der Waals surface area contributed by atoms with E-state index in [0.717, 1.165) is 6.42 Å². The molecule has 2 rings (SSSR count). The van der Waals surface area contributed by atoms with Gasteiger partial charge in [0.25, 0.3) is 5.91 Å². The number of halogens is 1. The van der Waals surface area contributed by atoms with Crippen molar-refractivity contribution in [2.75, 3.05) is 25.6 Å². The lowest BCUT2D eigenvalue weighted by Gasteiger charge is -2.14. The fourth-order valence-electron chi connectivity index (χ4n) is 2.19. The zero-order chi connectivity index (χ0) is 20.7. The lowest BCUT2D eigenvalue weighted by atomic mass is 10.1. The van der Waals surface area contributed by atoms with Gasteiger partial charge >= 0.3 is 5.97 Å². The molecule has 28 heavy (non-hydrogen) atoms. The lowest BCUT2D eigenvalue weighted by Crippen LogP contribution is -2.21. The van der Waals surface area contributed by atoms with Crippen molar-refractivity contribution in [2.24, 2.45) is 5.92 Å². The average molecular weight is 411 g/mol. The molecule has 0 unspecified atom stereocenters. The molecule has 0 fully saturated rings. The van der Waals surface area contributed by atoms with Gasteiger partial charge in [-0.05, 0) is 31.4 Å². The fourth-order valence-corrected chi connectivity index (χ4v) is 2.46. The number of rotatable bonds is 9. The van der Waals surface area contributed by atoms with Crippen LogP contribution >= 0.6 is 11.6 Å². The molecule has 1 N–H and O–H groups in total. The number of amides is 1. The SMILES string of the molecule is COc1cc(C(=O)OCC(=O)Nc2cc(C)on2)cc(Cl)c1OCCC(C)C. The van der Waals surface area contributed by atoms with Crippen molar-refractivity contribution in [3.8, 4) is 11.5 Å². The first kappa shape index (κ1) is 21.6. The second kappa shape index (κ2) is 9.98. The Morgan fingerprint density at radius 1 is 1.29 bits per heavy atom. The molecular formula is C19H23ClN2O6. The Labute approximate surface area is 168 Å². The number of carbonyl (C=O) groups is 2. The molecule has 1 aromatic carbocycles. The summed E-state index contributed by atoms with van der Waals surface area (Å²) in [6, 6.07) is 4.41. The highest BCUT2D eigenvalue weighted by Crippen LogP contribution is 2.36. The molecule has 0 aliphatic rings. The van der Waals surface area contributed by atoms with Crippen molar-refractivity contribution >= 4 is 29.3 Å². The van der Waals surface area contributed by atoms with Crippen LogP contribution in [0.3, 0.4) is 0 Å². The van der Waals surface area contributed by atoms with E-state index < -0.39 is 18.5 Å². The van der Waals surface area contributed by atoms with Gasteiger partial charge in [-0.25, -0.2) is 4.79 Å². The maximum Gasteiger partial charge on any atom is 0.338 e. The molecule has 0 aliphatic carbocycles. The molecule has 1 amide bonds. The standard InChI is InChI=1S/C19H23ClN2O6/c1-11(2)5-6-26-18-14(20)8-13(9-15(18)25-4)19(24)27-10-17(23)21-16-7-12(3)28-22-16/h7-9,11H,5-6,10H2,1-4H3,(H,21,22,23). The molecule has 8 nitrogen and oxygen atoms in total. The Morgan fingerprint density at radius 3 is 2.64 bits per heavy atom. The van der Waals surface area contributed by atoms with Crippen molar-refractivity contribution in [1.82, 2.24) is 5.16 Å². The van der Waals surface area contributed by atoms with E-state index in [-0.39, 0.29) is 16.4 Å². The molecule has 152 valence electrons. The molecule has 0 saturated carbocycles. The van der Waals surface area contributed by atoms with Crippen molar-refractivity contribution < 1.29 is 28.3 Å². The minimum atomic E-state index is -0.722. The summed E-state index contributed by atoms with van der Waals surface area (Å²) in [5.41, 5.74) is 0.142. The predicted octanol–water partition coefficient (Wildman–Crippen LogP) is 3.87. The second-order valence-electron chi connectivity index (χ2n) is 6.47. The first-order valence-corrected chi connectivity index (χ1v) is 9.08. The van der Waals surface area contributed by atoms with E-state index in [4.69, 9.17) is 30.3 Å². The zero-order valence-corrected chi connectivity index (χ0v) is 17.0. The predicted molar refractivity (Wildman–Crippen MR) is 103 cm³/mol. The van der Waals surface area contributed by atoms with Crippen LogP contribution in [-0.2, 0) is 9.53 Å². The van der Waals surface area contributed by atoms with Gasteiger partial charge in [-0.1, -0.05) is 30.6 Å². The number of aryl methyl sites for hydroxylation is 1. The first-order chi connectivity index (χ1) is 13.3. The average Bonchev–Trinajstić information content (AvgIpc) is 3.04. The number of aromatic nitrogens is 1. The molecule has 0 radical (unpaired) electrons. The number of nitrogens with one attached hydrogen (secondary N) is 1. The molecule has 0 bridgehead atoms. The Kier molecular flexibility index (Phi) is 7.69. The first-order valence-electron chi connectivity index (χ1n) is 8.70. The highest BCUT2D eigenvalue weighted by atomic mass is 35.5. The molecule has 0 aliphatic heterocycles. The van der Waals surface area contributed by atoms with Crippen LogP contribution < -0.4 is 14.8 Å². The molecule has 1 heterocycles. The van der Waals surface area contributed by atoms with E-state index in [1.54, 1.807) is 13.0 Å². The smallest absolute Gasteiger partial charge is 0.338 e. The van der Waals surface area contributed by atoms with E-state index in [1.807, 2.05) is 0 Å². The number of ether oxygens (including phenoxy) is 3. The van der Waals surface area contributed by atoms with Crippen LogP contribution in [0, 0.1) is 12.8 Å². The van der Waals surface area contributed by atoms with Crippen LogP contribution in [0.4, 0.5) is 5.82 Å². The molecule has 2 aromatic rings. The summed E-state index contributed by atoms with van der Waals surface area (Å²) < 4.78 is 20.8. The monoisotopic (exact) mass is 410 g/mol. The van der Waals surface area contributed by atoms with Gasteiger partial charge in [0.2, 0.25) is 0 Å². The highest BCUT2D eigenvalue weighted by molar-refractivity contribution is 6.32. The largest absolute Gasteiger partial charge is 0.493 e. The Morgan fingerprint density at radius 2 is 2.04 bits per heavy atom. The molecule has 0 spiro atoms. The van der Waals surface area contributed by atoms with E-state index in [2.05, 4.69) is 24.3 Å². The summed E-state index contributed by atoms with van der Waals surface area (Å²) in [6.07, 6.45) is 0.851. The Hall–Kier alpha value is -2.74. The third-order valence-corrected chi connectivity index (χ3v) is 3.92. The third-order valence-electron chi connectivity index (χ3n) is 3.64. The summed E-state index contributed by atoms with van der Waals surface area (Å²) in [5, 5.41) is 6.30. The van der Waals surface area contributed by atoms with Crippen molar-refractivity contribution in [3.05, 3.63) is 34.5 Å². The maximum absolute atomic E-state index is 12.2. The third kappa shape index (κ3) is 6.16. The fraction of sp³-hybridized carbons (Fsp3) is 0.421. The number of hydrogen-bond acceptors (Lipinski definition) is 7. The van der Waals surface area contributed by atoms with Gasteiger partial charge in [-0.15, -0.1) is 0 Å². The van der Waals surface area contributed by atoms with Gasteiger partial charge < -0.3 is 24.1 Å². The normalized spacial score (nSPS) is 10.6. The van der Waals surface area contributed by atoms with E-state index >= 15 is 0 Å². The number of anilines is 1. The van der Waals surface area contributed by atoms with E-state index in [1.165, 1.54) is 19.2 Å². The van der Waals surface area contributed by atoms with E-state index in [9.17, 15) is 9.59 Å². The van der Waals surface area contributed by atoms with Crippen LogP contribution in [0.15, 0.2) is 22.7 Å². The second-order valence-corrected chi connectivity index (χ2v) is 6.87. The summed E-state index contributed by atoms with van der Waals surface area (Å²) in [5.74, 6) is 0.669. The van der Waals surface area contributed by atoms with Crippen molar-refractivity contribution in [2.45, 2.75) is 27.2 Å². The number of methoxy groups -OCH3 is 1. The minimum Gasteiger partial charge on any atom is -0.493 e. The number of benzene rings is 1. The quantitative estimate of drug-likeness (QED) is 0.626. The van der Waals surface area contributed by atoms with Crippen LogP contribution in [0.1, 0.15) is 36.4 Å². The van der Waals surface area contributed by atoms with Crippen LogP contribution in [0.25, 0.3) is 0 Å².